The van der Waals surface area contributed by atoms with Gasteiger partial charge < -0.3 is 10.1 Å². The lowest BCUT2D eigenvalue weighted by atomic mass is 10.1. The van der Waals surface area contributed by atoms with Crippen LogP contribution in [0.1, 0.15) is 18.9 Å². The lowest BCUT2D eigenvalue weighted by Crippen LogP contribution is -2.17. The Morgan fingerprint density at radius 1 is 0.895 bits per heavy atom. The molecule has 0 atom stereocenters. The van der Waals surface area contributed by atoms with Crippen molar-refractivity contribution in [2.24, 2.45) is 0 Å². The average Bonchev–Trinajstić information content (AvgIpc) is 2.45. The molecule has 0 amide bonds. The number of para-hydroxylation sites is 1. The zero-order valence-corrected chi connectivity index (χ0v) is 11.4. The van der Waals surface area contributed by atoms with E-state index in [-0.39, 0.29) is 0 Å². The Kier molecular flexibility index (Phi) is 5.45. The third-order valence-electron chi connectivity index (χ3n) is 2.89. The molecule has 19 heavy (non-hydrogen) atoms. The summed E-state index contributed by atoms with van der Waals surface area (Å²) in [6.07, 6.45) is 2.21. The van der Waals surface area contributed by atoms with E-state index in [0.29, 0.717) is 0 Å². The summed E-state index contributed by atoms with van der Waals surface area (Å²) in [5.74, 6) is 1.78. The second-order valence-electron chi connectivity index (χ2n) is 4.56. The van der Waals surface area contributed by atoms with Crippen LogP contribution in [0.2, 0.25) is 0 Å². The standard InChI is InChI=1S/C17H21NO/c1-2-12-18-13-11-15-7-6-10-17(14-15)19-16-8-4-3-5-9-16/h3-10,14,18H,2,11-13H2,1H3. The molecule has 0 aliphatic heterocycles. The van der Waals surface area contributed by atoms with Gasteiger partial charge in [-0.25, -0.2) is 0 Å². The number of hydrogen-bond donors (Lipinski definition) is 1. The number of benzene rings is 2. The van der Waals surface area contributed by atoms with Gasteiger partial charge >= 0.3 is 0 Å². The first-order valence-electron chi connectivity index (χ1n) is 6.91. The minimum Gasteiger partial charge on any atom is -0.457 e. The summed E-state index contributed by atoms with van der Waals surface area (Å²) in [6.45, 7) is 4.28. The highest BCUT2D eigenvalue weighted by atomic mass is 16.5. The predicted molar refractivity (Wildman–Crippen MR) is 79.8 cm³/mol. The summed E-state index contributed by atoms with van der Waals surface area (Å²) < 4.78 is 5.83. The van der Waals surface area contributed by atoms with Crippen molar-refractivity contribution in [3.8, 4) is 11.5 Å². The fraction of sp³-hybridized carbons (Fsp3) is 0.294. The van der Waals surface area contributed by atoms with E-state index in [1.807, 2.05) is 42.5 Å². The Labute approximate surface area is 115 Å². The van der Waals surface area contributed by atoms with Crippen LogP contribution in [0.3, 0.4) is 0 Å². The molecule has 0 spiro atoms. The number of hydrogen-bond acceptors (Lipinski definition) is 2. The van der Waals surface area contributed by atoms with E-state index in [4.69, 9.17) is 4.74 Å². The number of ether oxygens (including phenoxy) is 1. The highest BCUT2D eigenvalue weighted by molar-refractivity contribution is 5.33. The van der Waals surface area contributed by atoms with Gasteiger partial charge in [-0.3, -0.25) is 0 Å². The van der Waals surface area contributed by atoms with E-state index in [9.17, 15) is 0 Å². The minimum absolute atomic E-state index is 0.878. The molecule has 2 heteroatoms. The van der Waals surface area contributed by atoms with Crippen molar-refractivity contribution in [2.45, 2.75) is 19.8 Å². The van der Waals surface area contributed by atoms with Gasteiger partial charge in [0.1, 0.15) is 11.5 Å². The smallest absolute Gasteiger partial charge is 0.127 e. The zero-order chi connectivity index (χ0) is 13.3. The molecule has 1 N–H and O–H groups in total. The molecular weight excluding hydrogens is 234 g/mol. The predicted octanol–water partition coefficient (Wildman–Crippen LogP) is 4.02. The molecule has 0 heterocycles. The van der Waals surface area contributed by atoms with Crippen molar-refractivity contribution >= 4 is 0 Å². The third kappa shape index (κ3) is 4.76. The monoisotopic (exact) mass is 255 g/mol. The van der Waals surface area contributed by atoms with Gasteiger partial charge in [-0.05, 0) is 55.8 Å². The van der Waals surface area contributed by atoms with Gasteiger partial charge in [0.05, 0.1) is 0 Å². The molecule has 0 fully saturated rings. The van der Waals surface area contributed by atoms with Crippen LogP contribution in [-0.4, -0.2) is 13.1 Å². The molecule has 0 radical (unpaired) electrons. The maximum Gasteiger partial charge on any atom is 0.127 e. The second kappa shape index (κ2) is 7.59. The molecule has 0 saturated heterocycles. The fourth-order valence-corrected chi connectivity index (χ4v) is 1.92. The van der Waals surface area contributed by atoms with Crippen molar-refractivity contribution in [1.29, 1.82) is 0 Å². The van der Waals surface area contributed by atoms with E-state index in [1.165, 1.54) is 12.0 Å². The fourth-order valence-electron chi connectivity index (χ4n) is 1.92. The van der Waals surface area contributed by atoms with Crippen molar-refractivity contribution in [2.75, 3.05) is 13.1 Å². The van der Waals surface area contributed by atoms with Gasteiger partial charge in [0, 0.05) is 0 Å². The molecule has 0 saturated carbocycles. The summed E-state index contributed by atoms with van der Waals surface area (Å²) >= 11 is 0. The first-order chi connectivity index (χ1) is 9.38. The van der Waals surface area contributed by atoms with Crippen LogP contribution in [0.5, 0.6) is 11.5 Å². The van der Waals surface area contributed by atoms with Gasteiger partial charge in [0.25, 0.3) is 0 Å². The van der Waals surface area contributed by atoms with Gasteiger partial charge in [-0.2, -0.15) is 0 Å². The van der Waals surface area contributed by atoms with Gasteiger partial charge in [0.2, 0.25) is 0 Å². The van der Waals surface area contributed by atoms with Gasteiger partial charge in [-0.15, -0.1) is 0 Å². The number of rotatable bonds is 7. The molecule has 2 rings (SSSR count). The zero-order valence-electron chi connectivity index (χ0n) is 11.4. The Morgan fingerprint density at radius 3 is 2.47 bits per heavy atom. The van der Waals surface area contributed by atoms with Crippen LogP contribution in [0, 0.1) is 0 Å². The lowest BCUT2D eigenvalue weighted by molar-refractivity contribution is 0.482. The molecule has 0 unspecified atom stereocenters. The summed E-state index contributed by atoms with van der Waals surface area (Å²) in [5.41, 5.74) is 1.30. The normalized spacial score (nSPS) is 10.4. The molecule has 2 aromatic carbocycles. The van der Waals surface area contributed by atoms with Gasteiger partial charge in [-0.1, -0.05) is 37.3 Å². The van der Waals surface area contributed by atoms with Crippen LogP contribution in [0.4, 0.5) is 0 Å². The first kappa shape index (κ1) is 13.6. The SMILES string of the molecule is CCCNCCc1cccc(Oc2ccccc2)c1. The quantitative estimate of drug-likeness (QED) is 0.754. The Morgan fingerprint density at radius 2 is 1.68 bits per heavy atom. The maximum absolute atomic E-state index is 5.83. The molecule has 2 aromatic rings. The molecule has 100 valence electrons. The van der Waals surface area contributed by atoms with Crippen LogP contribution >= 0.6 is 0 Å². The second-order valence-corrected chi connectivity index (χ2v) is 4.56. The van der Waals surface area contributed by atoms with Crippen molar-refractivity contribution in [3.63, 3.8) is 0 Å². The van der Waals surface area contributed by atoms with Crippen LogP contribution in [0.25, 0.3) is 0 Å². The molecular formula is C17H21NO. The molecule has 0 aliphatic carbocycles. The van der Waals surface area contributed by atoms with Crippen molar-refractivity contribution < 1.29 is 4.74 Å². The minimum atomic E-state index is 0.878. The van der Waals surface area contributed by atoms with Crippen LogP contribution < -0.4 is 10.1 Å². The van der Waals surface area contributed by atoms with E-state index in [2.05, 4.69) is 24.4 Å². The summed E-state index contributed by atoms with van der Waals surface area (Å²) in [6, 6.07) is 18.2. The Hall–Kier alpha value is -1.80. The third-order valence-corrected chi connectivity index (χ3v) is 2.89. The van der Waals surface area contributed by atoms with E-state index in [0.717, 1.165) is 31.0 Å². The summed E-state index contributed by atoms with van der Waals surface area (Å²) in [7, 11) is 0. The summed E-state index contributed by atoms with van der Waals surface area (Å²) in [4.78, 5) is 0. The van der Waals surface area contributed by atoms with E-state index in [1.54, 1.807) is 0 Å². The highest BCUT2D eigenvalue weighted by Crippen LogP contribution is 2.21. The van der Waals surface area contributed by atoms with Crippen LogP contribution in [-0.2, 0) is 6.42 Å². The number of nitrogens with one attached hydrogen (secondary N) is 1. The maximum atomic E-state index is 5.83. The highest BCUT2D eigenvalue weighted by Gasteiger charge is 1.98. The van der Waals surface area contributed by atoms with E-state index >= 15 is 0 Å². The van der Waals surface area contributed by atoms with Gasteiger partial charge in [0.15, 0.2) is 0 Å². The summed E-state index contributed by atoms with van der Waals surface area (Å²) in [5, 5.41) is 3.41. The molecule has 0 aromatic heterocycles. The largest absolute Gasteiger partial charge is 0.457 e. The molecule has 2 nitrogen and oxygen atoms in total. The van der Waals surface area contributed by atoms with Crippen LogP contribution in [0.15, 0.2) is 54.6 Å². The average molecular weight is 255 g/mol. The lowest BCUT2D eigenvalue weighted by Gasteiger charge is -2.08. The Balaban J connectivity index is 1.91. The topological polar surface area (TPSA) is 21.3 Å². The van der Waals surface area contributed by atoms with E-state index < -0.39 is 0 Å². The molecule has 0 bridgehead atoms. The molecule has 0 aliphatic rings. The van der Waals surface area contributed by atoms with Crippen molar-refractivity contribution in [1.82, 2.24) is 5.32 Å². The van der Waals surface area contributed by atoms with Crippen molar-refractivity contribution in [3.05, 3.63) is 60.2 Å². The first-order valence-corrected chi connectivity index (χ1v) is 6.91. The Bertz CT molecular complexity index is 482.